The Morgan fingerprint density at radius 2 is 1.73 bits per heavy atom. The first-order chi connectivity index (χ1) is 18.8. The number of nitrogens with zero attached hydrogens (tertiary/aromatic N) is 1. The van der Waals surface area contributed by atoms with Gasteiger partial charge in [-0.2, -0.15) is 13.2 Å². The number of hydrogen-bond donors (Lipinski definition) is 2. The second-order valence-corrected chi connectivity index (χ2v) is 12.5. The van der Waals surface area contributed by atoms with Crippen LogP contribution in [0.25, 0.3) is 10.9 Å². The van der Waals surface area contributed by atoms with Crippen LogP contribution in [0, 0.1) is 11.6 Å². The highest BCUT2D eigenvalue weighted by molar-refractivity contribution is 7.90. The lowest BCUT2D eigenvalue weighted by molar-refractivity contribution is -0.140. The molecule has 1 aromatic heterocycles. The number of alkyl halides is 3. The third kappa shape index (κ3) is 7.01. The van der Waals surface area contributed by atoms with Gasteiger partial charge >= 0.3 is 6.18 Å². The summed E-state index contributed by atoms with van der Waals surface area (Å²) in [5.74, 6) is -4.12. The molecule has 1 fully saturated rings. The zero-order chi connectivity index (χ0) is 29.2. The van der Waals surface area contributed by atoms with Gasteiger partial charge in [0.2, 0.25) is 0 Å². The van der Waals surface area contributed by atoms with Crippen molar-refractivity contribution in [1.82, 2.24) is 10.3 Å². The number of anilines is 1. The molecule has 0 atom stereocenters. The van der Waals surface area contributed by atoms with Gasteiger partial charge in [0.15, 0.2) is 9.84 Å². The van der Waals surface area contributed by atoms with E-state index in [1.54, 1.807) is 6.92 Å². The topological polar surface area (TPSA) is 88.2 Å². The molecule has 4 rings (SSSR count). The number of rotatable bonds is 8. The Kier molecular flexibility index (Phi) is 8.89. The van der Waals surface area contributed by atoms with Crippen LogP contribution < -0.4 is 10.6 Å². The molecule has 1 heterocycles. The van der Waals surface area contributed by atoms with Crippen molar-refractivity contribution in [3.8, 4) is 0 Å². The number of nitrogens with one attached hydrogen (secondary N) is 2. The van der Waals surface area contributed by atoms with E-state index in [2.05, 4.69) is 15.6 Å². The lowest BCUT2D eigenvalue weighted by Gasteiger charge is -2.31. The van der Waals surface area contributed by atoms with Gasteiger partial charge in [-0.25, -0.2) is 22.2 Å². The van der Waals surface area contributed by atoms with Crippen molar-refractivity contribution in [2.75, 3.05) is 11.1 Å². The van der Waals surface area contributed by atoms with Gasteiger partial charge in [-0.05, 0) is 62.4 Å². The van der Waals surface area contributed by atoms with E-state index in [9.17, 15) is 30.8 Å². The zero-order valence-electron chi connectivity index (χ0n) is 21.4. The highest BCUT2D eigenvalue weighted by atomic mass is 35.5. The van der Waals surface area contributed by atoms with E-state index in [1.807, 2.05) is 0 Å². The SMILES string of the molecule is CCCS(=O)(=O)Cc1ccc(F)c(C(=O)NC2CCC(Nc3cc(C(F)(F)F)nc4ccc(Cl)cc34)CC2)c1F. The molecule has 0 spiro atoms. The minimum atomic E-state index is -4.64. The smallest absolute Gasteiger partial charge is 0.382 e. The van der Waals surface area contributed by atoms with Crippen molar-refractivity contribution in [3.05, 3.63) is 69.9 Å². The molecule has 13 heteroatoms. The number of benzene rings is 2. The molecule has 40 heavy (non-hydrogen) atoms. The van der Waals surface area contributed by atoms with E-state index in [-0.39, 0.29) is 28.6 Å². The molecule has 1 aliphatic rings. The van der Waals surface area contributed by atoms with Gasteiger partial charge < -0.3 is 10.6 Å². The maximum Gasteiger partial charge on any atom is 0.433 e. The standard InChI is InChI=1S/C27H27ClF5N3O3S/c1-2-11-40(38,39)14-15-3-9-20(29)24(25(15)30)26(37)35-18-7-5-17(6-8-18)34-22-13-23(27(31,32)33)36-21-10-4-16(28)12-19(21)22/h3-4,9-10,12-13,17-18H,2,5-8,11,14H2,1H3,(H,34,36)(H,35,37). The normalized spacial score (nSPS) is 18.1. The quantitative estimate of drug-likeness (QED) is 0.281. The van der Waals surface area contributed by atoms with Gasteiger partial charge in [-0.15, -0.1) is 0 Å². The van der Waals surface area contributed by atoms with Gasteiger partial charge in [0.05, 0.1) is 17.0 Å². The van der Waals surface area contributed by atoms with Crippen LogP contribution in [0.15, 0.2) is 36.4 Å². The molecule has 0 saturated heterocycles. The molecule has 2 N–H and O–H groups in total. The molecule has 0 radical (unpaired) electrons. The van der Waals surface area contributed by atoms with Crippen LogP contribution in [0.4, 0.5) is 27.6 Å². The lowest BCUT2D eigenvalue weighted by Crippen LogP contribution is -2.40. The van der Waals surface area contributed by atoms with Crippen molar-refractivity contribution in [2.24, 2.45) is 0 Å². The van der Waals surface area contributed by atoms with E-state index >= 15 is 4.39 Å². The molecular weight excluding hydrogens is 577 g/mol. The molecule has 0 bridgehead atoms. The number of hydrogen-bond acceptors (Lipinski definition) is 5. The predicted octanol–water partition coefficient (Wildman–Crippen LogP) is 6.66. The number of halogens is 6. The number of pyridine rings is 1. The van der Waals surface area contributed by atoms with Gasteiger partial charge in [-0.3, -0.25) is 4.79 Å². The number of carbonyl (C=O) groups excluding carboxylic acids is 1. The van der Waals surface area contributed by atoms with Gasteiger partial charge in [0, 0.05) is 33.7 Å². The summed E-state index contributed by atoms with van der Waals surface area (Å²) in [4.78, 5) is 16.5. The van der Waals surface area contributed by atoms with E-state index < -0.39 is 56.6 Å². The molecular formula is C27H27ClF5N3O3S. The summed E-state index contributed by atoms with van der Waals surface area (Å²) in [5, 5.41) is 6.52. The molecule has 2 aromatic carbocycles. The second kappa shape index (κ2) is 11.9. The van der Waals surface area contributed by atoms with E-state index in [4.69, 9.17) is 11.6 Å². The Hall–Kier alpha value is -2.99. The average molecular weight is 604 g/mol. The Morgan fingerprint density at radius 1 is 1.05 bits per heavy atom. The van der Waals surface area contributed by atoms with Gasteiger partial charge in [0.25, 0.3) is 5.91 Å². The first-order valence-corrected chi connectivity index (χ1v) is 14.9. The highest BCUT2D eigenvalue weighted by Crippen LogP contribution is 2.35. The summed E-state index contributed by atoms with van der Waals surface area (Å²) in [6.45, 7) is 1.66. The van der Waals surface area contributed by atoms with Crippen molar-refractivity contribution >= 4 is 43.9 Å². The molecule has 1 saturated carbocycles. The van der Waals surface area contributed by atoms with E-state index in [0.717, 1.165) is 18.2 Å². The number of amides is 1. The Morgan fingerprint density at radius 3 is 2.38 bits per heavy atom. The van der Waals surface area contributed by atoms with Crippen molar-refractivity contribution in [2.45, 2.75) is 63.0 Å². The Balaban J connectivity index is 1.44. The van der Waals surface area contributed by atoms with Crippen LogP contribution >= 0.6 is 11.6 Å². The van der Waals surface area contributed by atoms with Crippen LogP contribution in [0.3, 0.4) is 0 Å². The first-order valence-electron chi connectivity index (χ1n) is 12.7. The third-order valence-electron chi connectivity index (χ3n) is 6.77. The second-order valence-electron chi connectivity index (χ2n) is 9.87. The van der Waals surface area contributed by atoms with Crippen molar-refractivity contribution in [3.63, 3.8) is 0 Å². The van der Waals surface area contributed by atoms with Crippen molar-refractivity contribution < 1.29 is 35.2 Å². The molecule has 216 valence electrons. The average Bonchev–Trinajstić information content (AvgIpc) is 2.86. The predicted molar refractivity (Wildman–Crippen MR) is 143 cm³/mol. The molecule has 1 aliphatic carbocycles. The Labute approximate surface area is 233 Å². The molecule has 0 unspecified atom stereocenters. The molecule has 0 aliphatic heterocycles. The van der Waals surface area contributed by atoms with Crippen LogP contribution in [-0.2, 0) is 21.8 Å². The summed E-state index contributed by atoms with van der Waals surface area (Å²) in [7, 11) is -3.62. The third-order valence-corrected chi connectivity index (χ3v) is 8.79. The Bertz CT molecular complexity index is 1520. The van der Waals surface area contributed by atoms with Gasteiger partial charge in [0.1, 0.15) is 22.9 Å². The van der Waals surface area contributed by atoms with Crippen LogP contribution in [0.1, 0.15) is 60.6 Å². The largest absolute Gasteiger partial charge is 0.433 e. The summed E-state index contributed by atoms with van der Waals surface area (Å²) in [6.07, 6.45) is -2.60. The van der Waals surface area contributed by atoms with Crippen molar-refractivity contribution in [1.29, 1.82) is 0 Å². The number of fused-ring (bicyclic) bond motifs is 1. The van der Waals surface area contributed by atoms with Crippen LogP contribution in [-0.4, -0.2) is 37.1 Å². The fraction of sp³-hybridized carbons (Fsp3) is 0.407. The molecule has 3 aromatic rings. The summed E-state index contributed by atoms with van der Waals surface area (Å²) in [5.41, 5.74) is -1.80. The minimum absolute atomic E-state index is 0.136. The van der Waals surface area contributed by atoms with Gasteiger partial charge in [-0.1, -0.05) is 24.6 Å². The number of sulfone groups is 1. The van der Waals surface area contributed by atoms with Crippen LogP contribution in [0.2, 0.25) is 5.02 Å². The fourth-order valence-electron chi connectivity index (χ4n) is 4.86. The maximum atomic E-state index is 15.0. The molecule has 1 amide bonds. The summed E-state index contributed by atoms with van der Waals surface area (Å²) < 4.78 is 94.0. The molecule has 6 nitrogen and oxygen atoms in total. The zero-order valence-corrected chi connectivity index (χ0v) is 23.0. The monoisotopic (exact) mass is 603 g/mol. The summed E-state index contributed by atoms with van der Waals surface area (Å²) >= 11 is 6.06. The fourth-order valence-corrected chi connectivity index (χ4v) is 6.49. The van der Waals surface area contributed by atoms with Crippen LogP contribution in [0.5, 0.6) is 0 Å². The number of aromatic nitrogens is 1. The number of carbonyl (C=O) groups is 1. The first kappa shape index (κ1) is 30.0. The van der Waals surface area contributed by atoms with E-state index in [0.29, 0.717) is 42.5 Å². The highest BCUT2D eigenvalue weighted by Gasteiger charge is 2.34. The minimum Gasteiger partial charge on any atom is -0.382 e. The lowest BCUT2D eigenvalue weighted by atomic mass is 9.90. The maximum absolute atomic E-state index is 15.0. The van der Waals surface area contributed by atoms with E-state index in [1.165, 1.54) is 18.2 Å². The summed E-state index contributed by atoms with van der Waals surface area (Å²) in [6, 6.07) is 6.55.